The summed E-state index contributed by atoms with van der Waals surface area (Å²) in [7, 11) is 0. The molecule has 2 rings (SSSR count). The van der Waals surface area contributed by atoms with Gasteiger partial charge in [-0.05, 0) is 12.8 Å². The molecule has 16 heavy (non-hydrogen) atoms. The molecule has 0 bridgehead atoms. The van der Waals surface area contributed by atoms with Gasteiger partial charge in [-0.3, -0.25) is 4.79 Å². The van der Waals surface area contributed by atoms with E-state index in [1.165, 1.54) is 37.8 Å². The summed E-state index contributed by atoms with van der Waals surface area (Å²) in [6.45, 7) is 0. The zero-order valence-corrected chi connectivity index (χ0v) is 10.1. The van der Waals surface area contributed by atoms with Crippen LogP contribution in [-0.2, 0) is 11.2 Å². The maximum atomic E-state index is 10.5. The van der Waals surface area contributed by atoms with Gasteiger partial charge in [0.1, 0.15) is 0 Å². The molecule has 0 unspecified atom stereocenters. The molecule has 0 aromatic carbocycles. The summed E-state index contributed by atoms with van der Waals surface area (Å²) in [5.74, 6) is -0.113. The summed E-state index contributed by atoms with van der Waals surface area (Å²) >= 11 is 1.61. The van der Waals surface area contributed by atoms with Crippen LogP contribution in [-0.4, -0.2) is 16.1 Å². The predicted molar refractivity (Wildman–Crippen MR) is 63.9 cm³/mol. The van der Waals surface area contributed by atoms with Crippen molar-refractivity contribution in [1.29, 1.82) is 0 Å². The van der Waals surface area contributed by atoms with Gasteiger partial charge in [-0.1, -0.05) is 19.3 Å². The van der Waals surface area contributed by atoms with E-state index in [0.29, 0.717) is 12.3 Å². The molecule has 1 aromatic rings. The Balaban J connectivity index is 1.93. The molecule has 0 saturated heterocycles. The molecule has 0 radical (unpaired) electrons. The largest absolute Gasteiger partial charge is 0.481 e. The Morgan fingerprint density at radius 2 is 2.19 bits per heavy atom. The predicted octanol–water partition coefficient (Wildman–Crippen LogP) is 3.21. The Morgan fingerprint density at radius 3 is 2.88 bits per heavy atom. The number of aryl methyl sites for hydroxylation is 1. The summed E-state index contributed by atoms with van der Waals surface area (Å²) < 4.78 is 0. The van der Waals surface area contributed by atoms with Crippen LogP contribution in [0.4, 0.5) is 0 Å². The topological polar surface area (TPSA) is 50.2 Å². The van der Waals surface area contributed by atoms with E-state index >= 15 is 0 Å². The maximum absolute atomic E-state index is 10.5. The molecule has 1 N–H and O–H groups in total. The Kier molecular flexibility index (Phi) is 3.93. The lowest BCUT2D eigenvalue weighted by molar-refractivity contribution is -0.136. The van der Waals surface area contributed by atoms with Gasteiger partial charge in [0.05, 0.1) is 17.1 Å². The van der Waals surface area contributed by atoms with Crippen molar-refractivity contribution in [1.82, 2.24) is 4.98 Å². The zero-order valence-electron chi connectivity index (χ0n) is 9.32. The van der Waals surface area contributed by atoms with Crippen LogP contribution in [0, 0.1) is 0 Å². The average Bonchev–Trinajstić information content (AvgIpc) is 2.76. The monoisotopic (exact) mass is 239 g/mol. The third-order valence-electron chi connectivity index (χ3n) is 3.15. The quantitative estimate of drug-likeness (QED) is 0.877. The molecular weight excluding hydrogens is 222 g/mol. The van der Waals surface area contributed by atoms with Crippen LogP contribution in [0.25, 0.3) is 0 Å². The van der Waals surface area contributed by atoms with Gasteiger partial charge in [0.2, 0.25) is 0 Å². The first kappa shape index (κ1) is 11.6. The standard InChI is InChI=1S/C12H17NO2S/c14-12(15)7-6-11-13-10(8-16-11)9-4-2-1-3-5-9/h8-9H,1-7H2,(H,14,15). The van der Waals surface area contributed by atoms with Crippen LogP contribution in [0.1, 0.15) is 55.1 Å². The number of carboxylic acid groups (broad SMARTS) is 1. The zero-order chi connectivity index (χ0) is 11.4. The fourth-order valence-electron chi connectivity index (χ4n) is 2.24. The number of carboxylic acids is 1. The second-order valence-corrected chi connectivity index (χ2v) is 5.34. The number of thiazole rings is 1. The van der Waals surface area contributed by atoms with E-state index in [1.807, 2.05) is 0 Å². The average molecular weight is 239 g/mol. The van der Waals surface area contributed by atoms with Gasteiger partial charge in [0.15, 0.2) is 0 Å². The summed E-state index contributed by atoms with van der Waals surface area (Å²) in [6.07, 6.45) is 7.25. The highest BCUT2D eigenvalue weighted by atomic mass is 32.1. The molecule has 0 aliphatic heterocycles. The number of aromatic nitrogens is 1. The molecule has 0 atom stereocenters. The van der Waals surface area contributed by atoms with Crippen LogP contribution in [0.2, 0.25) is 0 Å². The SMILES string of the molecule is O=C(O)CCc1nc(C2CCCCC2)cs1. The van der Waals surface area contributed by atoms with E-state index in [9.17, 15) is 4.79 Å². The second kappa shape index (κ2) is 5.43. The van der Waals surface area contributed by atoms with E-state index in [0.717, 1.165) is 5.01 Å². The number of hydrogen-bond donors (Lipinski definition) is 1. The van der Waals surface area contributed by atoms with Crippen molar-refractivity contribution in [3.05, 3.63) is 16.1 Å². The minimum Gasteiger partial charge on any atom is -0.481 e. The van der Waals surface area contributed by atoms with Gasteiger partial charge in [-0.25, -0.2) is 4.98 Å². The minimum absolute atomic E-state index is 0.192. The van der Waals surface area contributed by atoms with Crippen molar-refractivity contribution in [2.75, 3.05) is 0 Å². The van der Waals surface area contributed by atoms with Crippen molar-refractivity contribution in [3.8, 4) is 0 Å². The first-order valence-corrected chi connectivity index (χ1v) is 6.80. The van der Waals surface area contributed by atoms with Crippen LogP contribution in [0.15, 0.2) is 5.38 Å². The van der Waals surface area contributed by atoms with Gasteiger partial charge in [-0.15, -0.1) is 11.3 Å². The number of rotatable bonds is 4. The molecule has 88 valence electrons. The smallest absolute Gasteiger partial charge is 0.303 e. The molecular formula is C12H17NO2S. The van der Waals surface area contributed by atoms with Gasteiger partial charge in [-0.2, -0.15) is 0 Å². The molecule has 1 fully saturated rings. The Morgan fingerprint density at radius 1 is 1.44 bits per heavy atom. The highest BCUT2D eigenvalue weighted by Gasteiger charge is 2.18. The van der Waals surface area contributed by atoms with Crippen LogP contribution in [0.5, 0.6) is 0 Å². The highest BCUT2D eigenvalue weighted by Crippen LogP contribution is 2.33. The molecule has 1 aliphatic carbocycles. The summed E-state index contributed by atoms with van der Waals surface area (Å²) in [4.78, 5) is 15.0. The molecule has 1 aliphatic rings. The fourth-order valence-corrected chi connectivity index (χ4v) is 3.12. The maximum Gasteiger partial charge on any atom is 0.303 e. The second-order valence-electron chi connectivity index (χ2n) is 4.39. The lowest BCUT2D eigenvalue weighted by atomic mass is 9.87. The summed E-state index contributed by atoms with van der Waals surface area (Å²) in [6, 6.07) is 0. The Hall–Kier alpha value is -0.900. The van der Waals surface area contributed by atoms with Gasteiger partial charge in [0.25, 0.3) is 0 Å². The number of carbonyl (C=O) groups is 1. The van der Waals surface area contributed by atoms with Gasteiger partial charge >= 0.3 is 5.97 Å². The van der Waals surface area contributed by atoms with Crippen molar-refractivity contribution < 1.29 is 9.90 Å². The highest BCUT2D eigenvalue weighted by molar-refractivity contribution is 7.09. The van der Waals surface area contributed by atoms with Crippen LogP contribution in [0.3, 0.4) is 0 Å². The van der Waals surface area contributed by atoms with Crippen LogP contribution >= 0.6 is 11.3 Å². The number of nitrogens with zero attached hydrogens (tertiary/aromatic N) is 1. The van der Waals surface area contributed by atoms with Crippen molar-refractivity contribution in [3.63, 3.8) is 0 Å². The number of aliphatic carboxylic acids is 1. The Bertz CT molecular complexity index is 356. The van der Waals surface area contributed by atoms with Crippen molar-refractivity contribution >= 4 is 17.3 Å². The normalized spacial score (nSPS) is 17.5. The van der Waals surface area contributed by atoms with E-state index in [1.54, 1.807) is 11.3 Å². The molecule has 3 nitrogen and oxygen atoms in total. The third kappa shape index (κ3) is 3.04. The third-order valence-corrected chi connectivity index (χ3v) is 4.07. The van der Waals surface area contributed by atoms with Gasteiger partial charge < -0.3 is 5.11 Å². The minimum atomic E-state index is -0.741. The van der Waals surface area contributed by atoms with E-state index in [2.05, 4.69) is 10.4 Å². The van der Waals surface area contributed by atoms with E-state index in [-0.39, 0.29) is 6.42 Å². The van der Waals surface area contributed by atoms with Crippen LogP contribution < -0.4 is 0 Å². The first-order chi connectivity index (χ1) is 7.75. The number of hydrogen-bond acceptors (Lipinski definition) is 3. The van der Waals surface area contributed by atoms with Crippen molar-refractivity contribution in [2.45, 2.75) is 50.9 Å². The molecule has 0 amide bonds. The molecule has 1 heterocycles. The van der Waals surface area contributed by atoms with E-state index in [4.69, 9.17) is 5.11 Å². The fraction of sp³-hybridized carbons (Fsp3) is 0.667. The first-order valence-electron chi connectivity index (χ1n) is 5.92. The molecule has 0 spiro atoms. The molecule has 1 saturated carbocycles. The molecule has 1 aromatic heterocycles. The molecule has 4 heteroatoms. The van der Waals surface area contributed by atoms with Gasteiger partial charge in [0, 0.05) is 17.7 Å². The van der Waals surface area contributed by atoms with E-state index < -0.39 is 5.97 Å². The lowest BCUT2D eigenvalue weighted by Gasteiger charge is -2.19. The summed E-state index contributed by atoms with van der Waals surface area (Å²) in [5, 5.41) is 11.7. The summed E-state index contributed by atoms with van der Waals surface area (Å²) in [5.41, 5.74) is 1.20. The van der Waals surface area contributed by atoms with Crippen molar-refractivity contribution in [2.24, 2.45) is 0 Å². The Labute approximate surface area is 99.5 Å². The lowest BCUT2D eigenvalue weighted by Crippen LogP contribution is -2.05.